The molecule has 1 saturated carbocycles. The van der Waals surface area contributed by atoms with Gasteiger partial charge >= 0.3 is 0 Å². The minimum Gasteiger partial charge on any atom is -0.493 e. The lowest BCUT2D eigenvalue weighted by atomic mass is 9.69. The van der Waals surface area contributed by atoms with Gasteiger partial charge < -0.3 is 19.2 Å². The summed E-state index contributed by atoms with van der Waals surface area (Å²) in [6.45, 7) is 0.401. The van der Waals surface area contributed by atoms with Crippen LogP contribution >= 0.6 is 0 Å². The Morgan fingerprint density at radius 1 is 1.10 bits per heavy atom. The van der Waals surface area contributed by atoms with Crippen molar-refractivity contribution in [3.63, 3.8) is 0 Å². The smallest absolute Gasteiger partial charge is 0.287 e. The second-order valence-electron chi connectivity index (χ2n) is 7.87. The van der Waals surface area contributed by atoms with E-state index in [1.807, 2.05) is 30.3 Å². The fourth-order valence-electron chi connectivity index (χ4n) is 4.45. The molecule has 6 heteroatoms. The number of hydrogen-bond acceptors (Lipinski definition) is 4. The molecule has 1 amide bonds. The Balaban J connectivity index is 1.61. The number of carbonyl (C=O) groups is 1. The third-order valence-electron chi connectivity index (χ3n) is 6.09. The number of furan rings is 1. The molecule has 0 spiro atoms. The summed E-state index contributed by atoms with van der Waals surface area (Å²) in [6.07, 6.45) is 4.91. The van der Waals surface area contributed by atoms with E-state index in [0.717, 1.165) is 43.1 Å². The molecule has 1 fully saturated rings. The topological polar surface area (TPSA) is 60.7 Å². The molecule has 30 heavy (non-hydrogen) atoms. The van der Waals surface area contributed by atoms with Crippen molar-refractivity contribution in [2.24, 2.45) is 0 Å². The van der Waals surface area contributed by atoms with Gasteiger partial charge in [-0.1, -0.05) is 37.5 Å². The average Bonchev–Trinajstić information content (AvgIpc) is 3.22. The van der Waals surface area contributed by atoms with Gasteiger partial charge in [0, 0.05) is 17.3 Å². The van der Waals surface area contributed by atoms with E-state index < -0.39 is 5.82 Å². The molecule has 3 aromatic rings. The molecule has 4 rings (SSSR count). The maximum atomic E-state index is 14.7. The molecule has 1 heterocycles. The van der Waals surface area contributed by atoms with Crippen LogP contribution in [0.15, 0.2) is 46.9 Å². The second-order valence-corrected chi connectivity index (χ2v) is 7.87. The molecule has 0 unspecified atom stereocenters. The number of para-hydroxylation sites is 1. The lowest BCUT2D eigenvalue weighted by Crippen LogP contribution is -2.42. The number of nitrogens with one attached hydrogen (secondary N) is 1. The number of fused-ring (bicyclic) bond motifs is 1. The quantitative estimate of drug-likeness (QED) is 0.604. The van der Waals surface area contributed by atoms with Gasteiger partial charge in [0.1, 0.15) is 5.58 Å². The molecule has 1 aliphatic carbocycles. The summed E-state index contributed by atoms with van der Waals surface area (Å²) in [5, 5.41) is 3.91. The summed E-state index contributed by atoms with van der Waals surface area (Å²) in [4.78, 5) is 12.8. The summed E-state index contributed by atoms with van der Waals surface area (Å²) in [5.41, 5.74) is 1.14. The van der Waals surface area contributed by atoms with Crippen LogP contribution in [0.1, 0.15) is 48.2 Å². The van der Waals surface area contributed by atoms with Crippen molar-refractivity contribution in [3.8, 4) is 11.5 Å². The third-order valence-corrected chi connectivity index (χ3v) is 6.09. The Morgan fingerprint density at radius 2 is 1.87 bits per heavy atom. The van der Waals surface area contributed by atoms with Gasteiger partial charge in [-0.3, -0.25) is 4.79 Å². The maximum absolute atomic E-state index is 14.7. The van der Waals surface area contributed by atoms with Gasteiger partial charge in [-0.15, -0.1) is 0 Å². The molecule has 1 aromatic heterocycles. The standard InChI is InChI=1S/C24H26FNO4/c1-28-20-14-17(13-18(25)22(20)29-2)24(10-6-3-7-11-24)15-26-23(27)21-12-16-8-4-5-9-19(16)30-21/h4-5,8-9,12-14H,3,6-7,10-11,15H2,1-2H3,(H,26,27). The van der Waals surface area contributed by atoms with Gasteiger partial charge in [-0.2, -0.15) is 0 Å². The van der Waals surface area contributed by atoms with E-state index >= 15 is 0 Å². The predicted molar refractivity (Wildman–Crippen MR) is 113 cm³/mol. The average molecular weight is 411 g/mol. The van der Waals surface area contributed by atoms with Crippen LogP contribution in [0.2, 0.25) is 0 Å². The van der Waals surface area contributed by atoms with E-state index in [1.165, 1.54) is 20.3 Å². The highest BCUT2D eigenvalue weighted by molar-refractivity contribution is 5.96. The number of benzene rings is 2. The highest BCUT2D eigenvalue weighted by atomic mass is 19.1. The van der Waals surface area contributed by atoms with Crippen LogP contribution in [-0.4, -0.2) is 26.7 Å². The Hall–Kier alpha value is -3.02. The van der Waals surface area contributed by atoms with E-state index in [-0.39, 0.29) is 22.8 Å². The summed E-state index contributed by atoms with van der Waals surface area (Å²) in [5.74, 6) is 0.0118. The number of hydrogen-bond donors (Lipinski definition) is 1. The van der Waals surface area contributed by atoms with Crippen molar-refractivity contribution in [3.05, 3.63) is 59.6 Å². The molecule has 1 N–H and O–H groups in total. The Labute approximate surface area is 175 Å². The van der Waals surface area contributed by atoms with Gasteiger partial charge in [-0.05, 0) is 42.7 Å². The fraction of sp³-hybridized carbons (Fsp3) is 0.375. The minimum atomic E-state index is -0.458. The van der Waals surface area contributed by atoms with Gasteiger partial charge in [0.2, 0.25) is 0 Å². The van der Waals surface area contributed by atoms with Crippen molar-refractivity contribution >= 4 is 16.9 Å². The van der Waals surface area contributed by atoms with Crippen molar-refractivity contribution in [1.82, 2.24) is 5.32 Å². The molecule has 0 bridgehead atoms. The van der Waals surface area contributed by atoms with E-state index in [1.54, 1.807) is 6.07 Å². The van der Waals surface area contributed by atoms with Gasteiger partial charge in [0.05, 0.1) is 14.2 Å². The van der Waals surface area contributed by atoms with Crippen LogP contribution in [0, 0.1) is 5.82 Å². The van der Waals surface area contributed by atoms with Crippen molar-refractivity contribution in [1.29, 1.82) is 0 Å². The summed E-state index contributed by atoms with van der Waals surface area (Å²) in [7, 11) is 2.92. The molecule has 1 aliphatic rings. The molecule has 0 saturated heterocycles. The second kappa shape index (κ2) is 8.38. The number of ether oxygens (including phenoxy) is 2. The van der Waals surface area contributed by atoms with E-state index in [4.69, 9.17) is 13.9 Å². The van der Waals surface area contributed by atoms with Crippen molar-refractivity contribution in [2.75, 3.05) is 20.8 Å². The Morgan fingerprint density at radius 3 is 2.57 bits per heavy atom. The zero-order valence-electron chi connectivity index (χ0n) is 17.3. The number of methoxy groups -OCH3 is 2. The maximum Gasteiger partial charge on any atom is 0.287 e. The van der Waals surface area contributed by atoms with Crippen LogP contribution in [0.4, 0.5) is 4.39 Å². The van der Waals surface area contributed by atoms with E-state index in [9.17, 15) is 9.18 Å². The monoisotopic (exact) mass is 411 g/mol. The highest BCUT2D eigenvalue weighted by Gasteiger charge is 2.36. The van der Waals surface area contributed by atoms with Gasteiger partial charge in [0.25, 0.3) is 5.91 Å². The first kappa shape index (κ1) is 20.3. The van der Waals surface area contributed by atoms with E-state index in [2.05, 4.69) is 5.32 Å². The third kappa shape index (κ3) is 3.74. The SMILES string of the molecule is COc1cc(C2(CNC(=O)c3cc4ccccc4o3)CCCCC2)cc(F)c1OC. The predicted octanol–water partition coefficient (Wildman–Crippen LogP) is 5.22. The van der Waals surface area contributed by atoms with Crippen LogP contribution < -0.4 is 14.8 Å². The van der Waals surface area contributed by atoms with Crippen LogP contribution in [0.5, 0.6) is 11.5 Å². The number of rotatable bonds is 6. The number of amides is 1. The zero-order chi connectivity index (χ0) is 21.1. The molecule has 0 aliphatic heterocycles. The van der Waals surface area contributed by atoms with E-state index in [0.29, 0.717) is 17.9 Å². The Kier molecular flexibility index (Phi) is 5.66. The zero-order valence-corrected chi connectivity index (χ0v) is 17.3. The van der Waals surface area contributed by atoms with Gasteiger partial charge in [0.15, 0.2) is 23.1 Å². The summed E-state index contributed by atoms with van der Waals surface area (Å²) < 4.78 is 30.9. The van der Waals surface area contributed by atoms with Crippen molar-refractivity contribution in [2.45, 2.75) is 37.5 Å². The van der Waals surface area contributed by atoms with Crippen LogP contribution in [0.25, 0.3) is 11.0 Å². The fourth-order valence-corrected chi connectivity index (χ4v) is 4.45. The summed E-state index contributed by atoms with van der Waals surface area (Å²) >= 11 is 0. The largest absolute Gasteiger partial charge is 0.493 e. The molecular formula is C24H26FNO4. The number of carbonyl (C=O) groups excluding carboxylic acids is 1. The number of halogens is 1. The molecule has 5 nitrogen and oxygen atoms in total. The Bertz CT molecular complexity index is 1020. The first-order chi connectivity index (χ1) is 14.6. The first-order valence-corrected chi connectivity index (χ1v) is 10.2. The molecule has 158 valence electrons. The van der Waals surface area contributed by atoms with Gasteiger partial charge in [-0.25, -0.2) is 4.39 Å². The molecule has 0 radical (unpaired) electrons. The lowest BCUT2D eigenvalue weighted by Gasteiger charge is -2.38. The lowest BCUT2D eigenvalue weighted by molar-refractivity contribution is 0.0911. The van der Waals surface area contributed by atoms with Crippen LogP contribution in [0.3, 0.4) is 0 Å². The molecular weight excluding hydrogens is 385 g/mol. The first-order valence-electron chi connectivity index (χ1n) is 10.2. The molecule has 0 atom stereocenters. The van der Waals surface area contributed by atoms with Crippen molar-refractivity contribution < 1.29 is 23.1 Å². The van der Waals surface area contributed by atoms with Crippen LogP contribution in [-0.2, 0) is 5.41 Å². The normalized spacial score (nSPS) is 15.7. The summed E-state index contributed by atoms with van der Waals surface area (Å²) in [6, 6.07) is 12.6. The highest BCUT2D eigenvalue weighted by Crippen LogP contribution is 2.43. The molecule has 2 aromatic carbocycles. The minimum absolute atomic E-state index is 0.0959.